The van der Waals surface area contributed by atoms with Gasteiger partial charge in [0.25, 0.3) is 0 Å². The molecule has 0 bridgehead atoms. The van der Waals surface area contributed by atoms with Crippen molar-refractivity contribution in [1.29, 1.82) is 0 Å². The van der Waals surface area contributed by atoms with Crippen LogP contribution in [0, 0.1) is 0 Å². The van der Waals surface area contributed by atoms with Crippen LogP contribution in [-0.4, -0.2) is 13.8 Å². The monoisotopic (exact) mass is 223 g/mol. The second-order valence-corrected chi connectivity index (χ2v) is 2.96. The Bertz CT molecular complexity index is 369. The molecule has 0 fully saturated rings. The number of nitrogens with zero attached hydrogens (tertiary/aromatic N) is 3. The van der Waals surface area contributed by atoms with Gasteiger partial charge in [0.1, 0.15) is 0 Å². The molecule has 0 aliphatic rings. The van der Waals surface area contributed by atoms with E-state index in [2.05, 4.69) is 26.2 Å². The van der Waals surface area contributed by atoms with Crippen LogP contribution in [-0.2, 0) is 0 Å². The van der Waals surface area contributed by atoms with Gasteiger partial charge < -0.3 is 0 Å². The van der Waals surface area contributed by atoms with E-state index >= 15 is 0 Å². The molecule has 0 radical (unpaired) electrons. The standard InChI is InChI=1S/C8H6BrN3/c9-12-8(4-6-11-12)7-3-1-2-5-10-7/h1-6H. The Morgan fingerprint density at radius 1 is 1.17 bits per heavy atom. The Hall–Kier alpha value is -1.16. The summed E-state index contributed by atoms with van der Waals surface area (Å²) in [6.45, 7) is 0. The average molecular weight is 224 g/mol. The molecule has 2 aromatic heterocycles. The van der Waals surface area contributed by atoms with Crippen LogP contribution in [0.5, 0.6) is 0 Å². The molecule has 2 heterocycles. The largest absolute Gasteiger partial charge is 0.255 e. The van der Waals surface area contributed by atoms with Gasteiger partial charge in [-0.25, -0.2) is 0 Å². The molecular weight excluding hydrogens is 218 g/mol. The molecule has 0 atom stereocenters. The maximum atomic E-state index is 4.19. The summed E-state index contributed by atoms with van der Waals surface area (Å²) >= 11 is 3.27. The van der Waals surface area contributed by atoms with Gasteiger partial charge in [0.15, 0.2) is 0 Å². The van der Waals surface area contributed by atoms with Crippen LogP contribution in [0.25, 0.3) is 11.4 Å². The molecule has 60 valence electrons. The first-order valence-electron chi connectivity index (χ1n) is 3.49. The van der Waals surface area contributed by atoms with Gasteiger partial charge >= 0.3 is 0 Å². The van der Waals surface area contributed by atoms with Crippen LogP contribution >= 0.6 is 16.1 Å². The molecule has 3 nitrogen and oxygen atoms in total. The van der Waals surface area contributed by atoms with Crippen LogP contribution in [0.3, 0.4) is 0 Å². The van der Waals surface area contributed by atoms with Crippen molar-refractivity contribution in [2.24, 2.45) is 0 Å². The molecule has 12 heavy (non-hydrogen) atoms. The lowest BCUT2D eigenvalue weighted by Gasteiger charge is -1.96. The van der Waals surface area contributed by atoms with Gasteiger partial charge in [-0.3, -0.25) is 4.98 Å². The minimum atomic E-state index is 0.909. The van der Waals surface area contributed by atoms with Crippen molar-refractivity contribution < 1.29 is 0 Å². The van der Waals surface area contributed by atoms with Gasteiger partial charge in [0.05, 0.1) is 33.7 Å². The number of halogens is 1. The average Bonchev–Trinajstić information content (AvgIpc) is 2.53. The van der Waals surface area contributed by atoms with E-state index in [-0.39, 0.29) is 0 Å². The van der Waals surface area contributed by atoms with Gasteiger partial charge in [-0.2, -0.15) is 8.81 Å². The van der Waals surface area contributed by atoms with Gasteiger partial charge in [0.2, 0.25) is 0 Å². The molecule has 0 amide bonds. The summed E-state index contributed by atoms with van der Waals surface area (Å²) in [7, 11) is 0. The SMILES string of the molecule is Brn1nccc1-c1ccccn1. The molecule has 0 spiro atoms. The third-order valence-corrected chi connectivity index (χ3v) is 2.09. The van der Waals surface area contributed by atoms with Gasteiger partial charge in [0, 0.05) is 6.20 Å². The van der Waals surface area contributed by atoms with Crippen LogP contribution in [0.1, 0.15) is 0 Å². The summed E-state index contributed by atoms with van der Waals surface area (Å²) in [5, 5.41) is 3.99. The predicted molar refractivity (Wildman–Crippen MR) is 49.8 cm³/mol. The highest BCUT2D eigenvalue weighted by atomic mass is 79.9. The molecule has 0 aliphatic carbocycles. The highest BCUT2D eigenvalue weighted by Crippen LogP contribution is 2.16. The summed E-state index contributed by atoms with van der Waals surface area (Å²) in [6.07, 6.45) is 3.48. The summed E-state index contributed by atoms with van der Waals surface area (Å²) in [4.78, 5) is 4.19. The minimum absolute atomic E-state index is 0.909. The molecule has 4 heteroatoms. The van der Waals surface area contributed by atoms with Crippen molar-refractivity contribution in [2.75, 3.05) is 0 Å². The number of rotatable bonds is 1. The summed E-state index contributed by atoms with van der Waals surface area (Å²) in [5.74, 6) is 0. The molecule has 0 N–H and O–H groups in total. The number of hydrogen-bond donors (Lipinski definition) is 0. The first kappa shape index (κ1) is 7.49. The number of pyridine rings is 1. The fourth-order valence-electron chi connectivity index (χ4n) is 0.980. The number of hydrogen-bond acceptors (Lipinski definition) is 2. The van der Waals surface area contributed by atoms with Crippen molar-refractivity contribution >= 4 is 16.1 Å². The molecular formula is C8H6BrN3. The zero-order valence-corrected chi connectivity index (χ0v) is 7.77. The van der Waals surface area contributed by atoms with Crippen molar-refractivity contribution in [3.05, 3.63) is 36.7 Å². The van der Waals surface area contributed by atoms with Crippen LogP contribution < -0.4 is 0 Å². The van der Waals surface area contributed by atoms with E-state index in [1.165, 1.54) is 0 Å². The summed E-state index contributed by atoms with van der Waals surface area (Å²) < 4.78 is 1.62. The van der Waals surface area contributed by atoms with Gasteiger partial charge in [-0.05, 0) is 18.2 Å². The second kappa shape index (κ2) is 3.06. The maximum absolute atomic E-state index is 4.19. The lowest BCUT2D eigenvalue weighted by Crippen LogP contribution is -1.87. The summed E-state index contributed by atoms with van der Waals surface area (Å²) in [6, 6.07) is 7.67. The van der Waals surface area contributed by atoms with Crippen molar-refractivity contribution in [3.8, 4) is 11.4 Å². The van der Waals surface area contributed by atoms with E-state index in [0.717, 1.165) is 11.4 Å². The van der Waals surface area contributed by atoms with E-state index in [9.17, 15) is 0 Å². The van der Waals surface area contributed by atoms with Crippen molar-refractivity contribution in [2.45, 2.75) is 0 Å². The van der Waals surface area contributed by atoms with E-state index < -0.39 is 0 Å². The topological polar surface area (TPSA) is 30.7 Å². The third kappa shape index (κ3) is 1.25. The Kier molecular flexibility index (Phi) is 1.91. The zero-order chi connectivity index (χ0) is 8.39. The Balaban J connectivity index is 2.51. The zero-order valence-electron chi connectivity index (χ0n) is 6.18. The smallest absolute Gasteiger partial charge is 0.0996 e. The Labute approximate surface area is 78.4 Å². The first-order chi connectivity index (χ1) is 5.88. The number of aromatic nitrogens is 3. The van der Waals surface area contributed by atoms with Crippen LogP contribution in [0.15, 0.2) is 36.7 Å². The van der Waals surface area contributed by atoms with Gasteiger partial charge in [-0.1, -0.05) is 6.07 Å². The summed E-state index contributed by atoms with van der Waals surface area (Å²) in [5.41, 5.74) is 1.86. The normalized spacial score (nSPS) is 10.1. The molecule has 0 aromatic carbocycles. The molecule has 2 aromatic rings. The quantitative estimate of drug-likeness (QED) is 0.742. The molecule has 0 saturated carbocycles. The minimum Gasteiger partial charge on any atom is -0.255 e. The lowest BCUT2D eigenvalue weighted by atomic mass is 10.3. The Morgan fingerprint density at radius 3 is 2.67 bits per heavy atom. The van der Waals surface area contributed by atoms with E-state index in [4.69, 9.17) is 0 Å². The first-order valence-corrected chi connectivity index (χ1v) is 4.20. The van der Waals surface area contributed by atoms with Crippen LogP contribution in [0.4, 0.5) is 0 Å². The third-order valence-electron chi connectivity index (χ3n) is 1.53. The van der Waals surface area contributed by atoms with E-state index in [0.29, 0.717) is 0 Å². The Morgan fingerprint density at radius 2 is 2.08 bits per heavy atom. The lowest BCUT2D eigenvalue weighted by molar-refractivity contribution is 1.03. The second-order valence-electron chi connectivity index (χ2n) is 2.29. The molecule has 0 saturated heterocycles. The molecule has 0 aliphatic heterocycles. The molecule has 0 unspecified atom stereocenters. The van der Waals surface area contributed by atoms with Crippen molar-refractivity contribution in [3.63, 3.8) is 0 Å². The van der Waals surface area contributed by atoms with Crippen molar-refractivity contribution in [1.82, 2.24) is 13.8 Å². The fourth-order valence-corrected chi connectivity index (χ4v) is 1.39. The molecule has 2 rings (SSSR count). The highest BCUT2D eigenvalue weighted by molar-refractivity contribution is 9.08. The fraction of sp³-hybridized carbons (Fsp3) is 0. The highest BCUT2D eigenvalue weighted by Gasteiger charge is 2.02. The van der Waals surface area contributed by atoms with Crippen LogP contribution in [0.2, 0.25) is 0 Å². The maximum Gasteiger partial charge on any atom is 0.0996 e. The van der Waals surface area contributed by atoms with E-state index in [1.807, 2.05) is 24.3 Å². The van der Waals surface area contributed by atoms with E-state index in [1.54, 1.807) is 16.1 Å². The van der Waals surface area contributed by atoms with Gasteiger partial charge in [-0.15, -0.1) is 0 Å². The predicted octanol–water partition coefficient (Wildman–Crippen LogP) is 2.10.